The van der Waals surface area contributed by atoms with Crippen molar-refractivity contribution in [1.29, 1.82) is 0 Å². The van der Waals surface area contributed by atoms with E-state index < -0.39 is 0 Å². The van der Waals surface area contributed by atoms with E-state index in [1.165, 1.54) is 16.3 Å². The lowest BCUT2D eigenvalue weighted by molar-refractivity contribution is -0.119. The molecule has 0 radical (unpaired) electrons. The fraction of sp³-hybridized carbons (Fsp3) is 0.471. The number of ether oxygens (including phenoxy) is 2. The van der Waals surface area contributed by atoms with Gasteiger partial charge in [0.25, 0.3) is 0 Å². The lowest BCUT2D eigenvalue weighted by atomic mass is 10.1. The molecule has 1 heterocycles. The average molecular weight is 380 g/mol. The van der Waals surface area contributed by atoms with Crippen molar-refractivity contribution in [1.82, 2.24) is 20.1 Å². The Morgan fingerprint density at radius 1 is 1.38 bits per heavy atom. The van der Waals surface area contributed by atoms with Gasteiger partial charge >= 0.3 is 5.69 Å². The van der Waals surface area contributed by atoms with Gasteiger partial charge in [0.1, 0.15) is 11.5 Å². The first kappa shape index (κ1) is 19.9. The molecule has 0 aliphatic heterocycles. The molecule has 1 aromatic carbocycles. The molecule has 1 amide bonds. The number of carbonyl (C=O) groups is 1. The third-order valence-corrected chi connectivity index (χ3v) is 4.76. The summed E-state index contributed by atoms with van der Waals surface area (Å²) in [6.45, 7) is 4.42. The van der Waals surface area contributed by atoms with Crippen LogP contribution in [0.15, 0.2) is 28.2 Å². The predicted octanol–water partition coefficient (Wildman–Crippen LogP) is 1.97. The molecule has 0 fully saturated rings. The maximum atomic E-state index is 12.3. The summed E-state index contributed by atoms with van der Waals surface area (Å²) >= 11 is 1.22. The van der Waals surface area contributed by atoms with Crippen molar-refractivity contribution in [2.45, 2.75) is 38.0 Å². The predicted molar refractivity (Wildman–Crippen MR) is 100.0 cm³/mol. The number of rotatable bonds is 9. The maximum absolute atomic E-state index is 12.3. The monoisotopic (exact) mass is 380 g/mol. The standard InChI is InChI=1S/C17H24N4O4S/c1-5-8-21-16(23)19-20-17(21)26-10-15(22)18-11(2)13-9-12(24-3)6-7-14(13)25-4/h6-7,9,11H,5,8,10H2,1-4H3,(H,18,22)(H,19,23)/t11-/m1/s1. The zero-order valence-electron chi connectivity index (χ0n) is 15.4. The molecular formula is C17H24N4O4S. The molecule has 1 aromatic heterocycles. The van der Waals surface area contributed by atoms with E-state index in [0.717, 1.165) is 12.0 Å². The molecule has 0 aliphatic rings. The van der Waals surface area contributed by atoms with Crippen molar-refractivity contribution in [3.8, 4) is 11.5 Å². The fourth-order valence-electron chi connectivity index (χ4n) is 2.50. The van der Waals surface area contributed by atoms with E-state index in [1.807, 2.05) is 19.9 Å². The molecule has 1 atom stereocenters. The molecule has 0 saturated carbocycles. The van der Waals surface area contributed by atoms with Gasteiger partial charge in [0.2, 0.25) is 5.91 Å². The number of amides is 1. The summed E-state index contributed by atoms with van der Waals surface area (Å²) in [6.07, 6.45) is 0.811. The third-order valence-electron chi connectivity index (χ3n) is 3.78. The Morgan fingerprint density at radius 2 is 2.15 bits per heavy atom. The summed E-state index contributed by atoms with van der Waals surface area (Å²) in [5.74, 6) is 1.36. The van der Waals surface area contributed by atoms with E-state index in [0.29, 0.717) is 23.2 Å². The Bertz CT molecular complexity index is 802. The van der Waals surface area contributed by atoms with E-state index in [4.69, 9.17) is 9.47 Å². The molecular weight excluding hydrogens is 356 g/mol. The van der Waals surface area contributed by atoms with Gasteiger partial charge in [0.05, 0.1) is 26.0 Å². The number of benzene rings is 1. The van der Waals surface area contributed by atoms with Crippen LogP contribution in [0.1, 0.15) is 31.9 Å². The van der Waals surface area contributed by atoms with Crippen LogP contribution in [0.4, 0.5) is 0 Å². The van der Waals surface area contributed by atoms with E-state index in [2.05, 4.69) is 15.5 Å². The first-order valence-electron chi connectivity index (χ1n) is 8.29. The molecule has 8 nitrogen and oxygen atoms in total. The molecule has 2 rings (SSSR count). The number of nitrogens with one attached hydrogen (secondary N) is 2. The molecule has 2 aromatic rings. The number of H-pyrrole nitrogens is 1. The number of thioether (sulfide) groups is 1. The van der Waals surface area contributed by atoms with Crippen LogP contribution < -0.4 is 20.5 Å². The van der Waals surface area contributed by atoms with Crippen molar-refractivity contribution < 1.29 is 14.3 Å². The molecule has 9 heteroatoms. The van der Waals surface area contributed by atoms with Crippen LogP contribution >= 0.6 is 11.8 Å². The van der Waals surface area contributed by atoms with Gasteiger partial charge in [-0.25, -0.2) is 9.89 Å². The highest BCUT2D eigenvalue weighted by molar-refractivity contribution is 7.99. The number of aromatic nitrogens is 3. The molecule has 0 spiro atoms. The SMILES string of the molecule is CCCn1c(SCC(=O)N[C@H](C)c2cc(OC)ccc2OC)n[nH]c1=O. The minimum Gasteiger partial charge on any atom is -0.497 e. The zero-order chi connectivity index (χ0) is 19.1. The number of hydrogen-bond acceptors (Lipinski definition) is 6. The summed E-state index contributed by atoms with van der Waals surface area (Å²) in [7, 11) is 3.17. The quantitative estimate of drug-likeness (QED) is 0.646. The van der Waals surface area contributed by atoms with E-state index in [-0.39, 0.29) is 23.4 Å². The lowest BCUT2D eigenvalue weighted by Crippen LogP contribution is -2.28. The van der Waals surface area contributed by atoms with Crippen molar-refractivity contribution in [2.24, 2.45) is 0 Å². The summed E-state index contributed by atoms with van der Waals surface area (Å²) in [4.78, 5) is 24.0. The molecule has 26 heavy (non-hydrogen) atoms. The van der Waals surface area contributed by atoms with E-state index >= 15 is 0 Å². The fourth-order valence-corrected chi connectivity index (χ4v) is 3.29. The second-order valence-electron chi connectivity index (χ2n) is 5.65. The van der Waals surface area contributed by atoms with Gasteiger partial charge in [-0.2, -0.15) is 0 Å². The van der Waals surface area contributed by atoms with Crippen LogP contribution in [0.2, 0.25) is 0 Å². The van der Waals surface area contributed by atoms with Crippen molar-refractivity contribution >= 4 is 17.7 Å². The number of methoxy groups -OCH3 is 2. The number of hydrogen-bond donors (Lipinski definition) is 2. The second kappa shape index (κ2) is 9.33. The van der Waals surface area contributed by atoms with Crippen LogP contribution in [0.3, 0.4) is 0 Å². The van der Waals surface area contributed by atoms with Crippen LogP contribution in [0.5, 0.6) is 11.5 Å². The Labute approximate surface area is 156 Å². The second-order valence-corrected chi connectivity index (χ2v) is 6.59. The first-order valence-corrected chi connectivity index (χ1v) is 9.28. The smallest absolute Gasteiger partial charge is 0.343 e. The summed E-state index contributed by atoms with van der Waals surface area (Å²) in [5.41, 5.74) is 0.567. The number of nitrogens with zero attached hydrogens (tertiary/aromatic N) is 2. The van der Waals surface area contributed by atoms with Gasteiger partial charge in [-0.1, -0.05) is 18.7 Å². The van der Waals surface area contributed by atoms with Crippen LogP contribution in [0.25, 0.3) is 0 Å². The largest absolute Gasteiger partial charge is 0.497 e. The van der Waals surface area contributed by atoms with Gasteiger partial charge in [-0.15, -0.1) is 5.10 Å². The molecule has 0 bridgehead atoms. The molecule has 0 saturated heterocycles. The first-order chi connectivity index (χ1) is 12.5. The molecule has 0 aliphatic carbocycles. The Hall–Kier alpha value is -2.42. The zero-order valence-corrected chi connectivity index (χ0v) is 16.2. The Kier molecular flexibility index (Phi) is 7.14. The normalized spacial score (nSPS) is 11.8. The van der Waals surface area contributed by atoms with Gasteiger partial charge in [0.15, 0.2) is 5.16 Å². The highest BCUT2D eigenvalue weighted by atomic mass is 32.2. The minimum atomic E-state index is -0.260. The number of carbonyl (C=O) groups excluding carboxylic acids is 1. The van der Waals surface area contributed by atoms with Gasteiger partial charge in [0, 0.05) is 12.1 Å². The van der Waals surface area contributed by atoms with E-state index in [9.17, 15) is 9.59 Å². The summed E-state index contributed by atoms with van der Waals surface area (Å²) in [5, 5.41) is 9.82. The Morgan fingerprint density at radius 3 is 2.81 bits per heavy atom. The van der Waals surface area contributed by atoms with Crippen LogP contribution in [-0.4, -0.2) is 40.6 Å². The van der Waals surface area contributed by atoms with Gasteiger partial charge in [-0.05, 0) is 31.5 Å². The van der Waals surface area contributed by atoms with Crippen LogP contribution in [-0.2, 0) is 11.3 Å². The van der Waals surface area contributed by atoms with Crippen molar-refractivity contribution in [3.63, 3.8) is 0 Å². The van der Waals surface area contributed by atoms with Gasteiger partial charge < -0.3 is 14.8 Å². The highest BCUT2D eigenvalue weighted by Crippen LogP contribution is 2.29. The highest BCUT2D eigenvalue weighted by Gasteiger charge is 2.16. The molecule has 0 unspecified atom stereocenters. The maximum Gasteiger partial charge on any atom is 0.343 e. The average Bonchev–Trinajstić information content (AvgIpc) is 2.99. The summed E-state index contributed by atoms with van der Waals surface area (Å²) in [6, 6.07) is 5.18. The molecule has 142 valence electrons. The Balaban J connectivity index is 2.01. The van der Waals surface area contributed by atoms with Crippen LogP contribution in [0, 0.1) is 0 Å². The van der Waals surface area contributed by atoms with Crippen molar-refractivity contribution in [3.05, 3.63) is 34.2 Å². The minimum absolute atomic E-state index is 0.157. The van der Waals surface area contributed by atoms with Crippen molar-refractivity contribution in [2.75, 3.05) is 20.0 Å². The van der Waals surface area contributed by atoms with E-state index in [1.54, 1.807) is 26.4 Å². The number of aromatic amines is 1. The third kappa shape index (κ3) is 4.81. The van der Waals surface area contributed by atoms with Gasteiger partial charge in [-0.3, -0.25) is 9.36 Å². The molecule has 2 N–H and O–H groups in total. The topological polar surface area (TPSA) is 98.2 Å². The summed E-state index contributed by atoms with van der Waals surface area (Å²) < 4.78 is 12.1. The lowest BCUT2D eigenvalue weighted by Gasteiger charge is -2.18.